The Bertz CT molecular complexity index is 1260. The molecule has 8 heteroatoms. The van der Waals surface area contributed by atoms with Gasteiger partial charge in [0.05, 0.1) is 23.7 Å². The van der Waals surface area contributed by atoms with Crippen LogP contribution in [-0.2, 0) is 21.3 Å². The van der Waals surface area contributed by atoms with Crippen LogP contribution in [0.15, 0.2) is 53.6 Å². The van der Waals surface area contributed by atoms with Gasteiger partial charge in [-0.3, -0.25) is 0 Å². The molecule has 33 heavy (non-hydrogen) atoms. The third-order valence-corrected chi connectivity index (χ3v) is 7.98. The van der Waals surface area contributed by atoms with Gasteiger partial charge in [0.25, 0.3) is 0 Å². The number of sulfonamides is 1. The highest BCUT2D eigenvalue weighted by Gasteiger charge is 2.34. The average Bonchev–Trinajstić information content (AvgIpc) is 3.43. The Labute approximate surface area is 195 Å². The smallest absolute Gasteiger partial charge is 0.337 e. The first-order chi connectivity index (χ1) is 15.7. The highest BCUT2D eigenvalue weighted by atomic mass is 32.2. The maximum absolute atomic E-state index is 13.3. The molecule has 1 fully saturated rings. The molecule has 7 nitrogen and oxygen atoms in total. The molecule has 1 aliphatic rings. The van der Waals surface area contributed by atoms with E-state index in [0.717, 1.165) is 29.4 Å². The second-order valence-electron chi connectivity index (χ2n) is 8.58. The van der Waals surface area contributed by atoms with Crippen LogP contribution in [0.2, 0.25) is 0 Å². The maximum atomic E-state index is 13.3. The van der Waals surface area contributed by atoms with Crippen LogP contribution in [0.1, 0.15) is 49.0 Å². The number of methoxy groups -OCH3 is 1. The third-order valence-electron chi connectivity index (χ3n) is 6.10. The minimum atomic E-state index is -3.59. The zero-order valence-electron chi connectivity index (χ0n) is 19.4. The quantitative estimate of drug-likeness (QED) is 0.478. The molecule has 0 amide bonds. The van der Waals surface area contributed by atoms with E-state index < -0.39 is 10.0 Å². The lowest BCUT2D eigenvalue weighted by molar-refractivity contribution is 0.0601. The number of carbonyl (C=O) groups is 1. The molecule has 2 heterocycles. The molecule has 0 bridgehead atoms. The summed E-state index contributed by atoms with van der Waals surface area (Å²) in [6, 6.07) is 12.2. The van der Waals surface area contributed by atoms with Crippen molar-refractivity contribution in [1.29, 1.82) is 0 Å². The molecule has 176 valence electrons. The van der Waals surface area contributed by atoms with Crippen LogP contribution < -0.4 is 4.74 Å². The van der Waals surface area contributed by atoms with Gasteiger partial charge in [-0.25, -0.2) is 13.2 Å². The van der Waals surface area contributed by atoms with Crippen LogP contribution in [0.3, 0.4) is 0 Å². The summed E-state index contributed by atoms with van der Waals surface area (Å²) >= 11 is 0. The van der Waals surface area contributed by atoms with E-state index in [9.17, 15) is 13.2 Å². The summed E-state index contributed by atoms with van der Waals surface area (Å²) in [7, 11) is -2.22. The lowest BCUT2D eigenvalue weighted by Crippen LogP contribution is -2.28. The standard InChI is InChI=1S/C25H30N2O5S/c1-5-26-16-23(22-11-6-18(14-24(22)26)25(28)31-4)19-12-13-27(15-19)33(29,30)21-9-7-20(8-10-21)32-17(2)3/h6-11,14,16-17,19H,5,12-13,15H2,1-4H3. The summed E-state index contributed by atoms with van der Waals surface area (Å²) in [5.74, 6) is 0.370. The number of hydrogen-bond acceptors (Lipinski definition) is 5. The van der Waals surface area contributed by atoms with E-state index >= 15 is 0 Å². The Morgan fingerprint density at radius 2 is 1.88 bits per heavy atom. The molecule has 1 aliphatic heterocycles. The van der Waals surface area contributed by atoms with Gasteiger partial charge in [-0.15, -0.1) is 0 Å². The SMILES string of the molecule is CCn1cc(C2CCN(S(=O)(=O)c3ccc(OC(C)C)cc3)C2)c2ccc(C(=O)OC)cc21. The monoisotopic (exact) mass is 470 g/mol. The summed E-state index contributed by atoms with van der Waals surface area (Å²) in [6.45, 7) is 7.55. The Kier molecular flexibility index (Phi) is 6.50. The number of aromatic nitrogens is 1. The molecular formula is C25H30N2O5S. The molecule has 1 unspecified atom stereocenters. The van der Waals surface area contributed by atoms with Gasteiger partial charge in [-0.1, -0.05) is 6.07 Å². The zero-order chi connectivity index (χ0) is 23.8. The average molecular weight is 471 g/mol. The fourth-order valence-electron chi connectivity index (χ4n) is 4.46. The first kappa shape index (κ1) is 23.3. The molecule has 0 saturated carbocycles. The molecule has 0 N–H and O–H groups in total. The van der Waals surface area contributed by atoms with Gasteiger partial charge in [0.15, 0.2) is 0 Å². The minimum Gasteiger partial charge on any atom is -0.491 e. The summed E-state index contributed by atoms with van der Waals surface area (Å²) < 4.78 is 40.6. The summed E-state index contributed by atoms with van der Waals surface area (Å²) in [5.41, 5.74) is 2.57. The fourth-order valence-corrected chi connectivity index (χ4v) is 5.96. The number of esters is 1. The van der Waals surface area contributed by atoms with Crippen LogP contribution in [0, 0.1) is 0 Å². The van der Waals surface area contributed by atoms with Crippen molar-refractivity contribution in [2.24, 2.45) is 0 Å². The first-order valence-electron chi connectivity index (χ1n) is 11.2. The van der Waals surface area contributed by atoms with Gasteiger partial charge in [0.2, 0.25) is 10.0 Å². The van der Waals surface area contributed by atoms with Crippen LogP contribution in [-0.4, -0.2) is 49.6 Å². The second-order valence-corrected chi connectivity index (χ2v) is 10.5. The minimum absolute atomic E-state index is 0.0285. The second kappa shape index (κ2) is 9.19. The highest BCUT2D eigenvalue weighted by molar-refractivity contribution is 7.89. The number of carbonyl (C=O) groups excluding carboxylic acids is 1. The van der Waals surface area contributed by atoms with Crippen molar-refractivity contribution in [3.8, 4) is 5.75 Å². The summed E-state index contributed by atoms with van der Waals surface area (Å²) in [6.07, 6.45) is 2.86. The number of rotatable bonds is 7. The largest absolute Gasteiger partial charge is 0.491 e. The molecule has 2 aromatic carbocycles. The number of ether oxygens (including phenoxy) is 2. The van der Waals surface area contributed by atoms with E-state index in [4.69, 9.17) is 9.47 Å². The van der Waals surface area contributed by atoms with Gasteiger partial charge in [-0.2, -0.15) is 4.31 Å². The van der Waals surface area contributed by atoms with Gasteiger partial charge in [0, 0.05) is 42.7 Å². The molecule has 1 atom stereocenters. The number of hydrogen-bond donors (Lipinski definition) is 0. The van der Waals surface area contributed by atoms with E-state index in [0.29, 0.717) is 24.4 Å². The van der Waals surface area contributed by atoms with Crippen molar-refractivity contribution >= 4 is 26.9 Å². The Morgan fingerprint density at radius 3 is 2.52 bits per heavy atom. The number of benzene rings is 2. The Morgan fingerprint density at radius 1 is 1.15 bits per heavy atom. The van der Waals surface area contributed by atoms with Gasteiger partial charge in [0.1, 0.15) is 5.75 Å². The topological polar surface area (TPSA) is 77.8 Å². The predicted octanol–water partition coefficient (Wildman–Crippen LogP) is 4.41. The maximum Gasteiger partial charge on any atom is 0.337 e. The van der Waals surface area contributed by atoms with E-state index in [2.05, 4.69) is 10.8 Å². The van der Waals surface area contributed by atoms with Gasteiger partial charge < -0.3 is 14.0 Å². The number of fused-ring (bicyclic) bond motifs is 1. The molecule has 1 saturated heterocycles. The molecule has 3 aromatic rings. The van der Waals surface area contributed by atoms with Gasteiger partial charge >= 0.3 is 5.97 Å². The number of aryl methyl sites for hydroxylation is 1. The van der Waals surface area contributed by atoms with E-state index in [1.807, 2.05) is 32.9 Å². The fraction of sp³-hybridized carbons (Fsp3) is 0.400. The van der Waals surface area contributed by atoms with Crippen LogP contribution in [0.25, 0.3) is 10.9 Å². The highest BCUT2D eigenvalue weighted by Crippen LogP contribution is 2.36. The molecule has 1 aromatic heterocycles. The zero-order valence-corrected chi connectivity index (χ0v) is 20.3. The Hall–Kier alpha value is -2.84. The van der Waals surface area contributed by atoms with Crippen molar-refractivity contribution in [1.82, 2.24) is 8.87 Å². The molecule has 0 aliphatic carbocycles. The molecule has 4 rings (SSSR count). The predicted molar refractivity (Wildman–Crippen MR) is 127 cm³/mol. The van der Waals surface area contributed by atoms with Gasteiger partial charge in [-0.05, 0) is 69.2 Å². The first-order valence-corrected chi connectivity index (χ1v) is 12.7. The molecule has 0 spiro atoms. The number of nitrogens with zero attached hydrogens (tertiary/aromatic N) is 2. The third kappa shape index (κ3) is 4.50. The lowest BCUT2D eigenvalue weighted by Gasteiger charge is -2.17. The lowest BCUT2D eigenvalue weighted by atomic mass is 9.97. The van der Waals surface area contributed by atoms with E-state index in [1.165, 1.54) is 7.11 Å². The van der Waals surface area contributed by atoms with E-state index in [-0.39, 0.29) is 22.9 Å². The van der Waals surface area contributed by atoms with Crippen molar-refractivity contribution in [2.45, 2.75) is 50.7 Å². The summed E-state index contributed by atoms with van der Waals surface area (Å²) in [5, 5.41) is 1.05. The van der Waals surface area contributed by atoms with Crippen molar-refractivity contribution in [3.05, 3.63) is 59.8 Å². The van der Waals surface area contributed by atoms with Crippen LogP contribution >= 0.6 is 0 Å². The van der Waals surface area contributed by atoms with E-state index in [1.54, 1.807) is 34.6 Å². The Balaban J connectivity index is 1.59. The van der Waals surface area contributed by atoms with Crippen molar-refractivity contribution in [3.63, 3.8) is 0 Å². The van der Waals surface area contributed by atoms with Crippen molar-refractivity contribution in [2.75, 3.05) is 20.2 Å². The molecular weight excluding hydrogens is 440 g/mol. The summed E-state index contributed by atoms with van der Waals surface area (Å²) in [4.78, 5) is 12.2. The molecule has 0 radical (unpaired) electrons. The van der Waals surface area contributed by atoms with Crippen molar-refractivity contribution < 1.29 is 22.7 Å². The van der Waals surface area contributed by atoms with Crippen LogP contribution in [0.4, 0.5) is 0 Å². The normalized spacial score (nSPS) is 17.1. The van der Waals surface area contributed by atoms with Crippen LogP contribution in [0.5, 0.6) is 5.75 Å².